The number of hydrogen-bond donors (Lipinski definition) is 2. The first kappa shape index (κ1) is 25.2. The fourth-order valence-corrected chi connectivity index (χ4v) is 3.93. The molecular formula is C25H22ClN5O4S. The van der Waals surface area contributed by atoms with Gasteiger partial charge in [-0.1, -0.05) is 29.0 Å². The zero-order chi connectivity index (χ0) is 25.5. The Morgan fingerprint density at radius 3 is 2.86 bits per heavy atom. The molecule has 2 N–H and O–H groups in total. The summed E-state index contributed by atoms with van der Waals surface area (Å²) >= 11 is 7.67. The van der Waals surface area contributed by atoms with Crippen LogP contribution in [0.25, 0.3) is 6.08 Å². The van der Waals surface area contributed by atoms with Crippen LogP contribution in [0.5, 0.6) is 16.7 Å². The Balaban J connectivity index is 1.31. The molecule has 2 amide bonds. The minimum absolute atomic E-state index is 0.0230. The zero-order valence-corrected chi connectivity index (χ0v) is 20.8. The summed E-state index contributed by atoms with van der Waals surface area (Å²) < 4.78 is 11.5. The molecule has 0 spiro atoms. The van der Waals surface area contributed by atoms with E-state index in [2.05, 4.69) is 15.3 Å². The maximum absolute atomic E-state index is 12.5. The summed E-state index contributed by atoms with van der Waals surface area (Å²) in [5.74, 6) is 0.799. The normalized spacial score (nSPS) is 13.6. The number of carbonyl (C=O) groups is 2. The highest BCUT2D eigenvalue weighted by atomic mass is 35.5. The zero-order valence-electron chi connectivity index (χ0n) is 19.2. The van der Waals surface area contributed by atoms with Gasteiger partial charge < -0.3 is 14.8 Å². The minimum Gasteiger partial charge on any atom is -0.493 e. The quantitative estimate of drug-likeness (QED) is 0.288. The Kier molecular flexibility index (Phi) is 8.15. The standard InChI is InChI=1S/C25H22ClN5O4S/c1-15(31-23(32)17-8-9-28-21(10-17)24(33)30-14-27)2-6-19-12-29-25(36-19)35-22-7-5-18(11-20(22)26)34-13-16-3-4-16/h2,5-12,15-16H,3-4,13H2,1H3,(H,30,33)(H,31,32)/t15-/m0/s1. The molecule has 36 heavy (non-hydrogen) atoms. The van der Waals surface area contributed by atoms with Crippen molar-refractivity contribution in [3.8, 4) is 22.9 Å². The average Bonchev–Trinajstić information content (AvgIpc) is 3.60. The van der Waals surface area contributed by atoms with Gasteiger partial charge >= 0.3 is 0 Å². The molecule has 9 nitrogen and oxygen atoms in total. The molecule has 2 heterocycles. The third kappa shape index (κ3) is 7.04. The predicted molar refractivity (Wildman–Crippen MR) is 135 cm³/mol. The Morgan fingerprint density at radius 1 is 1.28 bits per heavy atom. The van der Waals surface area contributed by atoms with Crippen LogP contribution in [0.1, 0.15) is 45.5 Å². The van der Waals surface area contributed by atoms with Crippen molar-refractivity contribution in [2.45, 2.75) is 25.8 Å². The number of rotatable bonds is 10. The van der Waals surface area contributed by atoms with Crippen molar-refractivity contribution in [3.63, 3.8) is 0 Å². The monoisotopic (exact) mass is 523 g/mol. The molecule has 4 rings (SSSR count). The summed E-state index contributed by atoms with van der Waals surface area (Å²) in [7, 11) is 0. The molecule has 0 aliphatic heterocycles. The lowest BCUT2D eigenvalue weighted by Gasteiger charge is -2.10. The van der Waals surface area contributed by atoms with Gasteiger partial charge in [-0.05, 0) is 56.0 Å². The Bertz CT molecular complexity index is 1330. The molecule has 11 heteroatoms. The van der Waals surface area contributed by atoms with Crippen LogP contribution in [0.2, 0.25) is 5.02 Å². The van der Waals surface area contributed by atoms with E-state index in [0.717, 1.165) is 4.88 Å². The molecule has 1 aromatic carbocycles. The first-order chi connectivity index (χ1) is 17.4. The topological polar surface area (TPSA) is 126 Å². The van der Waals surface area contributed by atoms with Gasteiger partial charge in [-0.15, -0.1) is 0 Å². The molecule has 3 aromatic rings. The van der Waals surface area contributed by atoms with E-state index >= 15 is 0 Å². The Labute approximate surface area is 216 Å². The van der Waals surface area contributed by atoms with Crippen LogP contribution in [0.4, 0.5) is 0 Å². The van der Waals surface area contributed by atoms with Gasteiger partial charge in [-0.2, -0.15) is 5.26 Å². The van der Waals surface area contributed by atoms with Crippen LogP contribution in [0.3, 0.4) is 0 Å². The Hall–Kier alpha value is -3.94. The van der Waals surface area contributed by atoms with E-state index in [-0.39, 0.29) is 23.2 Å². The third-order valence-electron chi connectivity index (χ3n) is 5.12. The molecule has 0 saturated heterocycles. The number of benzene rings is 1. The van der Waals surface area contributed by atoms with Crippen molar-refractivity contribution in [2.75, 3.05) is 6.61 Å². The van der Waals surface area contributed by atoms with Gasteiger partial charge in [0.15, 0.2) is 6.19 Å². The SMILES string of the molecule is C[C@@H](C=Cc1cnc(Oc2ccc(OCC3CC3)cc2Cl)s1)NC(=O)c1ccnc(C(=O)NC#N)c1. The summed E-state index contributed by atoms with van der Waals surface area (Å²) in [6.07, 6.45) is 10.6. The van der Waals surface area contributed by atoms with E-state index in [1.54, 1.807) is 24.4 Å². The summed E-state index contributed by atoms with van der Waals surface area (Å²) in [6, 6.07) is 7.81. The first-order valence-corrected chi connectivity index (χ1v) is 12.3. The van der Waals surface area contributed by atoms with E-state index in [1.165, 1.54) is 48.7 Å². The number of halogens is 1. The van der Waals surface area contributed by atoms with Gasteiger partial charge in [0.2, 0.25) is 0 Å². The van der Waals surface area contributed by atoms with Crippen molar-refractivity contribution in [2.24, 2.45) is 5.92 Å². The van der Waals surface area contributed by atoms with Crippen molar-refractivity contribution in [3.05, 3.63) is 70.0 Å². The maximum Gasteiger partial charge on any atom is 0.282 e. The smallest absolute Gasteiger partial charge is 0.282 e. The second-order valence-corrected chi connectivity index (χ2v) is 9.53. The number of pyridine rings is 1. The van der Waals surface area contributed by atoms with Gasteiger partial charge in [0, 0.05) is 30.1 Å². The molecule has 0 unspecified atom stereocenters. The van der Waals surface area contributed by atoms with Crippen molar-refractivity contribution in [1.82, 2.24) is 20.6 Å². The van der Waals surface area contributed by atoms with Crippen LogP contribution < -0.4 is 20.1 Å². The molecule has 0 bridgehead atoms. The summed E-state index contributed by atoms with van der Waals surface area (Å²) in [5.41, 5.74) is 0.229. The average molecular weight is 524 g/mol. The summed E-state index contributed by atoms with van der Waals surface area (Å²) in [6.45, 7) is 2.52. The van der Waals surface area contributed by atoms with Gasteiger partial charge in [-0.3, -0.25) is 19.9 Å². The van der Waals surface area contributed by atoms with E-state index in [0.29, 0.717) is 34.2 Å². The summed E-state index contributed by atoms with van der Waals surface area (Å²) in [4.78, 5) is 33.2. The second kappa shape index (κ2) is 11.7. The predicted octanol–water partition coefficient (Wildman–Crippen LogP) is 4.82. The molecule has 1 saturated carbocycles. The number of ether oxygens (including phenoxy) is 2. The van der Waals surface area contributed by atoms with Crippen molar-refractivity contribution < 1.29 is 19.1 Å². The summed E-state index contributed by atoms with van der Waals surface area (Å²) in [5, 5.41) is 14.2. The van der Waals surface area contributed by atoms with Crippen molar-refractivity contribution >= 4 is 40.8 Å². The molecule has 1 aliphatic carbocycles. The highest BCUT2D eigenvalue weighted by Gasteiger charge is 2.22. The molecule has 1 aliphatic rings. The number of hydrogen-bond acceptors (Lipinski definition) is 8. The number of amides is 2. The lowest BCUT2D eigenvalue weighted by molar-refractivity contribution is 0.0947. The fourth-order valence-electron chi connectivity index (χ4n) is 3.03. The van der Waals surface area contributed by atoms with Gasteiger partial charge in [0.25, 0.3) is 17.0 Å². The number of aromatic nitrogens is 2. The van der Waals surface area contributed by atoms with Crippen LogP contribution in [-0.2, 0) is 0 Å². The number of thiazole rings is 1. The first-order valence-electron chi connectivity index (χ1n) is 11.1. The van der Waals surface area contributed by atoms with Gasteiger partial charge in [-0.25, -0.2) is 4.98 Å². The highest BCUT2D eigenvalue weighted by Crippen LogP contribution is 2.35. The van der Waals surface area contributed by atoms with Crippen LogP contribution >= 0.6 is 22.9 Å². The largest absolute Gasteiger partial charge is 0.493 e. The minimum atomic E-state index is -0.678. The molecule has 0 radical (unpaired) electrons. The molecular weight excluding hydrogens is 502 g/mol. The number of nitrogens with zero attached hydrogens (tertiary/aromatic N) is 3. The third-order valence-corrected chi connectivity index (χ3v) is 6.25. The van der Waals surface area contributed by atoms with Crippen LogP contribution in [0, 0.1) is 17.4 Å². The van der Waals surface area contributed by atoms with E-state index in [1.807, 2.05) is 24.4 Å². The van der Waals surface area contributed by atoms with Crippen LogP contribution in [-0.4, -0.2) is 34.4 Å². The van der Waals surface area contributed by atoms with Gasteiger partial charge in [0.05, 0.1) is 16.5 Å². The van der Waals surface area contributed by atoms with Crippen LogP contribution in [0.15, 0.2) is 48.8 Å². The number of nitrogens with one attached hydrogen (secondary N) is 2. The van der Waals surface area contributed by atoms with E-state index in [9.17, 15) is 9.59 Å². The second-order valence-electron chi connectivity index (χ2n) is 8.09. The molecule has 2 aromatic heterocycles. The van der Waals surface area contributed by atoms with Gasteiger partial charge in [0.1, 0.15) is 17.2 Å². The van der Waals surface area contributed by atoms with Crippen molar-refractivity contribution in [1.29, 1.82) is 5.26 Å². The Morgan fingerprint density at radius 2 is 2.11 bits per heavy atom. The lowest BCUT2D eigenvalue weighted by Crippen LogP contribution is -2.31. The molecule has 1 atom stereocenters. The maximum atomic E-state index is 12.5. The number of nitriles is 1. The number of carbonyl (C=O) groups excluding carboxylic acids is 2. The molecule has 1 fully saturated rings. The lowest BCUT2D eigenvalue weighted by atomic mass is 10.2. The van der Waals surface area contributed by atoms with E-state index in [4.69, 9.17) is 26.3 Å². The van der Waals surface area contributed by atoms with E-state index < -0.39 is 5.91 Å². The highest BCUT2D eigenvalue weighted by molar-refractivity contribution is 7.14. The fraction of sp³-hybridized carbons (Fsp3) is 0.240. The molecule has 184 valence electrons.